The summed E-state index contributed by atoms with van der Waals surface area (Å²) >= 11 is 0. The molecule has 0 N–H and O–H groups in total. The third-order valence-electron chi connectivity index (χ3n) is 4.05. The highest BCUT2D eigenvalue weighted by Crippen LogP contribution is 2.23. The van der Waals surface area contributed by atoms with Crippen LogP contribution in [-0.2, 0) is 6.54 Å². The van der Waals surface area contributed by atoms with Crippen LogP contribution in [0.3, 0.4) is 0 Å². The number of hydrogen-bond acceptors (Lipinski definition) is 3. The van der Waals surface area contributed by atoms with Crippen LogP contribution in [0.1, 0.15) is 24.3 Å². The molecule has 1 atom stereocenters. The molecule has 0 radical (unpaired) electrons. The molecule has 4 nitrogen and oxygen atoms in total. The molecular formula is C18H21N3O. The van der Waals surface area contributed by atoms with Gasteiger partial charge in [-0.15, -0.1) is 0 Å². The maximum Gasteiger partial charge on any atom is 0.140 e. The molecule has 114 valence electrons. The third-order valence-corrected chi connectivity index (χ3v) is 4.05. The van der Waals surface area contributed by atoms with Crippen molar-refractivity contribution in [1.29, 1.82) is 0 Å². The van der Waals surface area contributed by atoms with E-state index in [4.69, 9.17) is 4.42 Å². The van der Waals surface area contributed by atoms with E-state index in [1.54, 1.807) is 6.26 Å². The molecule has 3 aromatic rings. The molecule has 3 rings (SSSR count). The summed E-state index contributed by atoms with van der Waals surface area (Å²) < 4.78 is 7.52. The summed E-state index contributed by atoms with van der Waals surface area (Å²) in [6.45, 7) is 2.89. The molecule has 4 heteroatoms. The Balaban J connectivity index is 1.84. The van der Waals surface area contributed by atoms with Gasteiger partial charge in [0.1, 0.15) is 11.6 Å². The Labute approximate surface area is 131 Å². The smallest absolute Gasteiger partial charge is 0.140 e. The maximum atomic E-state index is 5.42. The van der Waals surface area contributed by atoms with Crippen molar-refractivity contribution in [3.8, 4) is 11.4 Å². The molecule has 0 spiro atoms. The molecular weight excluding hydrogens is 274 g/mol. The van der Waals surface area contributed by atoms with Gasteiger partial charge in [0.15, 0.2) is 0 Å². The predicted molar refractivity (Wildman–Crippen MR) is 87.6 cm³/mol. The van der Waals surface area contributed by atoms with E-state index in [2.05, 4.69) is 59.7 Å². The van der Waals surface area contributed by atoms with Crippen LogP contribution < -0.4 is 0 Å². The van der Waals surface area contributed by atoms with Gasteiger partial charge in [-0.25, -0.2) is 4.98 Å². The molecule has 1 unspecified atom stereocenters. The summed E-state index contributed by atoms with van der Waals surface area (Å²) in [5.41, 5.74) is 2.42. The molecule has 1 aromatic carbocycles. The number of furan rings is 1. The van der Waals surface area contributed by atoms with Gasteiger partial charge >= 0.3 is 0 Å². The third kappa shape index (κ3) is 2.97. The molecule has 0 saturated heterocycles. The van der Waals surface area contributed by atoms with E-state index in [1.807, 2.05) is 24.5 Å². The first-order valence-corrected chi connectivity index (χ1v) is 7.45. The molecule has 22 heavy (non-hydrogen) atoms. The Hall–Kier alpha value is -2.33. The number of imidazole rings is 1. The zero-order chi connectivity index (χ0) is 15.5. The Kier molecular flexibility index (Phi) is 4.11. The van der Waals surface area contributed by atoms with Crippen LogP contribution in [0, 0.1) is 0 Å². The molecule has 0 aliphatic rings. The zero-order valence-electron chi connectivity index (χ0n) is 13.2. The van der Waals surface area contributed by atoms with Crippen LogP contribution in [0.15, 0.2) is 59.5 Å². The summed E-state index contributed by atoms with van der Waals surface area (Å²) in [7, 11) is 4.18. The maximum absolute atomic E-state index is 5.42. The van der Waals surface area contributed by atoms with E-state index in [0.29, 0.717) is 12.6 Å². The molecule has 0 fully saturated rings. The van der Waals surface area contributed by atoms with Crippen molar-refractivity contribution in [3.63, 3.8) is 0 Å². The summed E-state index contributed by atoms with van der Waals surface area (Å²) in [4.78, 5) is 6.69. The Morgan fingerprint density at radius 2 is 1.95 bits per heavy atom. The van der Waals surface area contributed by atoms with Gasteiger partial charge in [-0.3, -0.25) is 0 Å². The van der Waals surface area contributed by atoms with E-state index in [9.17, 15) is 0 Å². The van der Waals surface area contributed by atoms with Gasteiger partial charge in [0.05, 0.1) is 12.8 Å². The van der Waals surface area contributed by atoms with Crippen molar-refractivity contribution in [2.24, 2.45) is 0 Å². The second-order valence-corrected chi connectivity index (χ2v) is 5.72. The fraction of sp³-hybridized carbons (Fsp3) is 0.278. The average molecular weight is 295 g/mol. The van der Waals surface area contributed by atoms with Crippen molar-refractivity contribution in [3.05, 3.63) is 66.4 Å². The van der Waals surface area contributed by atoms with Crippen LogP contribution in [0.25, 0.3) is 11.4 Å². The van der Waals surface area contributed by atoms with Crippen molar-refractivity contribution in [1.82, 2.24) is 14.5 Å². The van der Waals surface area contributed by atoms with Crippen molar-refractivity contribution < 1.29 is 4.42 Å². The average Bonchev–Trinajstić information content (AvgIpc) is 3.19. The lowest BCUT2D eigenvalue weighted by Crippen LogP contribution is -2.16. The molecule has 2 aromatic heterocycles. The lowest BCUT2D eigenvalue weighted by atomic mass is 10.1. The van der Waals surface area contributed by atoms with Gasteiger partial charge < -0.3 is 13.9 Å². The highest BCUT2D eigenvalue weighted by molar-refractivity contribution is 5.56. The second kappa shape index (κ2) is 6.20. The molecule has 0 aliphatic carbocycles. The van der Waals surface area contributed by atoms with Gasteiger partial charge in [-0.05, 0) is 38.7 Å². The Morgan fingerprint density at radius 1 is 1.18 bits per heavy atom. The molecule has 0 amide bonds. The van der Waals surface area contributed by atoms with Crippen LogP contribution >= 0.6 is 0 Å². The number of aromatic nitrogens is 2. The largest absolute Gasteiger partial charge is 0.467 e. The van der Waals surface area contributed by atoms with Gasteiger partial charge in [-0.2, -0.15) is 0 Å². The number of hydrogen-bond donors (Lipinski definition) is 0. The van der Waals surface area contributed by atoms with Crippen molar-refractivity contribution >= 4 is 0 Å². The number of nitrogens with zero attached hydrogens (tertiary/aromatic N) is 3. The van der Waals surface area contributed by atoms with Crippen LogP contribution in [-0.4, -0.2) is 28.5 Å². The van der Waals surface area contributed by atoms with E-state index in [0.717, 1.165) is 17.1 Å². The van der Waals surface area contributed by atoms with Crippen LogP contribution in [0.2, 0.25) is 0 Å². The van der Waals surface area contributed by atoms with Gasteiger partial charge in [-0.1, -0.05) is 24.3 Å². The summed E-state index contributed by atoms with van der Waals surface area (Å²) in [6, 6.07) is 12.9. The predicted octanol–water partition coefficient (Wildman–Crippen LogP) is 3.81. The van der Waals surface area contributed by atoms with Crippen molar-refractivity contribution in [2.75, 3.05) is 14.1 Å². The normalized spacial score (nSPS) is 12.7. The van der Waals surface area contributed by atoms with Gasteiger partial charge in [0.25, 0.3) is 0 Å². The minimum Gasteiger partial charge on any atom is -0.467 e. The van der Waals surface area contributed by atoms with Gasteiger partial charge in [0, 0.05) is 24.0 Å². The van der Waals surface area contributed by atoms with Gasteiger partial charge in [0.2, 0.25) is 0 Å². The summed E-state index contributed by atoms with van der Waals surface area (Å²) in [5, 5.41) is 0. The lowest BCUT2D eigenvalue weighted by Gasteiger charge is -2.20. The summed E-state index contributed by atoms with van der Waals surface area (Å²) in [6.07, 6.45) is 5.51. The monoisotopic (exact) mass is 295 g/mol. The van der Waals surface area contributed by atoms with Crippen LogP contribution in [0.4, 0.5) is 0 Å². The first-order chi connectivity index (χ1) is 10.6. The van der Waals surface area contributed by atoms with E-state index < -0.39 is 0 Å². The highest BCUT2D eigenvalue weighted by atomic mass is 16.3. The topological polar surface area (TPSA) is 34.2 Å². The lowest BCUT2D eigenvalue weighted by molar-refractivity contribution is 0.321. The number of benzene rings is 1. The first-order valence-electron chi connectivity index (χ1n) is 7.45. The van der Waals surface area contributed by atoms with E-state index in [1.165, 1.54) is 5.56 Å². The molecule has 0 aliphatic heterocycles. The summed E-state index contributed by atoms with van der Waals surface area (Å²) in [5.74, 6) is 1.89. The SMILES string of the molecule is CC(c1ccc(-c2nccn2Cc2ccco2)cc1)N(C)C. The zero-order valence-corrected chi connectivity index (χ0v) is 13.2. The first kappa shape index (κ1) is 14.6. The fourth-order valence-electron chi connectivity index (χ4n) is 2.48. The number of rotatable bonds is 5. The standard InChI is InChI=1S/C18H21N3O/c1-14(20(2)3)15-6-8-16(9-7-15)18-19-10-11-21(18)13-17-5-4-12-22-17/h4-12,14H,13H2,1-3H3. The quantitative estimate of drug-likeness (QED) is 0.717. The minimum absolute atomic E-state index is 0.400. The fourth-order valence-corrected chi connectivity index (χ4v) is 2.48. The van der Waals surface area contributed by atoms with E-state index in [-0.39, 0.29) is 0 Å². The Bertz CT molecular complexity index is 711. The molecule has 0 saturated carbocycles. The molecule has 0 bridgehead atoms. The van der Waals surface area contributed by atoms with Crippen LogP contribution in [0.5, 0.6) is 0 Å². The Morgan fingerprint density at radius 3 is 2.59 bits per heavy atom. The minimum atomic E-state index is 0.400. The van der Waals surface area contributed by atoms with E-state index >= 15 is 0 Å². The van der Waals surface area contributed by atoms with Crippen molar-refractivity contribution in [2.45, 2.75) is 19.5 Å². The highest BCUT2D eigenvalue weighted by Gasteiger charge is 2.10. The second-order valence-electron chi connectivity index (χ2n) is 5.72. The molecule has 2 heterocycles.